The minimum atomic E-state index is 0.352. The Morgan fingerprint density at radius 1 is 1.57 bits per heavy atom. The molecule has 4 heteroatoms. The molecule has 14 heavy (non-hydrogen) atoms. The van der Waals surface area contributed by atoms with Gasteiger partial charge in [0.2, 0.25) is 0 Å². The smallest absolute Gasteiger partial charge is 0.110 e. The molecular weight excluding hydrogens is 196 g/mol. The number of hydrogen-bond acceptors (Lipinski definition) is 4. The van der Waals surface area contributed by atoms with Crippen molar-refractivity contribution >= 4 is 11.3 Å². The fourth-order valence-corrected chi connectivity index (χ4v) is 2.20. The number of methoxy groups -OCH3 is 1. The molecule has 0 saturated heterocycles. The molecule has 80 valence electrons. The predicted octanol–water partition coefficient (Wildman–Crippen LogP) is 2.08. The van der Waals surface area contributed by atoms with E-state index in [1.54, 1.807) is 18.4 Å². The van der Waals surface area contributed by atoms with Crippen LogP contribution >= 0.6 is 11.3 Å². The van der Waals surface area contributed by atoms with Crippen LogP contribution in [0.15, 0.2) is 11.6 Å². The lowest BCUT2D eigenvalue weighted by atomic mass is 10.1. The standard InChI is InChI=1S/C10H18N2OS/c1-8(2)9(11-4-6-13-3)10-12-5-7-14-10/h5,7-9,11H,4,6H2,1-3H3. The van der Waals surface area contributed by atoms with Crippen molar-refractivity contribution in [1.82, 2.24) is 10.3 Å². The molecule has 1 N–H and O–H groups in total. The maximum atomic E-state index is 5.01. The summed E-state index contributed by atoms with van der Waals surface area (Å²) in [7, 11) is 1.72. The predicted molar refractivity (Wildman–Crippen MR) is 59.6 cm³/mol. The SMILES string of the molecule is COCCNC(c1nccs1)C(C)C. The van der Waals surface area contributed by atoms with E-state index in [0.29, 0.717) is 12.0 Å². The average molecular weight is 214 g/mol. The van der Waals surface area contributed by atoms with E-state index in [-0.39, 0.29) is 0 Å². The summed E-state index contributed by atoms with van der Waals surface area (Å²) >= 11 is 1.70. The first-order chi connectivity index (χ1) is 6.75. The maximum absolute atomic E-state index is 5.01. The van der Waals surface area contributed by atoms with Gasteiger partial charge >= 0.3 is 0 Å². The average Bonchev–Trinajstić information content (AvgIpc) is 2.64. The number of thiazole rings is 1. The van der Waals surface area contributed by atoms with Crippen LogP contribution in [0.3, 0.4) is 0 Å². The first-order valence-electron chi connectivity index (χ1n) is 4.87. The molecule has 0 aliphatic carbocycles. The van der Waals surface area contributed by atoms with Crippen LogP contribution in [0, 0.1) is 5.92 Å². The molecule has 0 aliphatic rings. The largest absolute Gasteiger partial charge is 0.383 e. The Balaban J connectivity index is 2.48. The number of aromatic nitrogens is 1. The molecule has 1 aromatic heterocycles. The zero-order valence-corrected chi connectivity index (χ0v) is 9.80. The second-order valence-electron chi connectivity index (χ2n) is 3.54. The Labute approximate surface area is 89.5 Å². The summed E-state index contributed by atoms with van der Waals surface area (Å²) < 4.78 is 5.01. The van der Waals surface area contributed by atoms with Crippen molar-refractivity contribution in [3.63, 3.8) is 0 Å². The third kappa shape index (κ3) is 3.36. The number of ether oxygens (including phenoxy) is 1. The van der Waals surface area contributed by atoms with Gasteiger partial charge in [-0.25, -0.2) is 4.98 Å². The lowest BCUT2D eigenvalue weighted by Crippen LogP contribution is -2.28. The van der Waals surface area contributed by atoms with Crippen molar-refractivity contribution in [2.75, 3.05) is 20.3 Å². The Bertz CT molecular complexity index is 236. The van der Waals surface area contributed by atoms with Crippen molar-refractivity contribution in [2.45, 2.75) is 19.9 Å². The van der Waals surface area contributed by atoms with Gasteiger partial charge in [-0.15, -0.1) is 11.3 Å². The molecular formula is C10H18N2OS. The monoisotopic (exact) mass is 214 g/mol. The van der Waals surface area contributed by atoms with Crippen LogP contribution in [0.25, 0.3) is 0 Å². The van der Waals surface area contributed by atoms with Gasteiger partial charge in [0.05, 0.1) is 12.6 Å². The third-order valence-electron chi connectivity index (χ3n) is 2.05. The maximum Gasteiger partial charge on any atom is 0.110 e. The van der Waals surface area contributed by atoms with Crippen LogP contribution in [-0.4, -0.2) is 25.2 Å². The highest BCUT2D eigenvalue weighted by molar-refractivity contribution is 7.09. The minimum Gasteiger partial charge on any atom is -0.383 e. The van der Waals surface area contributed by atoms with Gasteiger partial charge in [-0.3, -0.25) is 0 Å². The molecule has 1 atom stereocenters. The lowest BCUT2D eigenvalue weighted by Gasteiger charge is -2.19. The highest BCUT2D eigenvalue weighted by Crippen LogP contribution is 2.22. The normalized spacial score (nSPS) is 13.4. The van der Waals surface area contributed by atoms with Gasteiger partial charge in [-0.2, -0.15) is 0 Å². The molecule has 0 spiro atoms. The summed E-state index contributed by atoms with van der Waals surface area (Å²) in [6, 6.07) is 0.352. The Hall–Kier alpha value is -0.450. The van der Waals surface area contributed by atoms with Crippen molar-refractivity contribution in [3.05, 3.63) is 16.6 Å². The van der Waals surface area contributed by atoms with E-state index in [2.05, 4.69) is 24.1 Å². The summed E-state index contributed by atoms with van der Waals surface area (Å²) in [4.78, 5) is 4.33. The number of nitrogens with zero attached hydrogens (tertiary/aromatic N) is 1. The van der Waals surface area contributed by atoms with E-state index in [0.717, 1.165) is 18.2 Å². The number of hydrogen-bond donors (Lipinski definition) is 1. The van der Waals surface area contributed by atoms with Gasteiger partial charge in [0.1, 0.15) is 5.01 Å². The van der Waals surface area contributed by atoms with Crippen molar-refractivity contribution in [1.29, 1.82) is 0 Å². The topological polar surface area (TPSA) is 34.1 Å². The van der Waals surface area contributed by atoms with E-state index in [9.17, 15) is 0 Å². The highest BCUT2D eigenvalue weighted by atomic mass is 32.1. The molecule has 3 nitrogen and oxygen atoms in total. The summed E-state index contributed by atoms with van der Waals surface area (Å²) in [5.74, 6) is 0.554. The van der Waals surface area contributed by atoms with E-state index in [1.165, 1.54) is 0 Å². The molecule has 1 rings (SSSR count). The van der Waals surface area contributed by atoms with E-state index < -0.39 is 0 Å². The van der Waals surface area contributed by atoms with Crippen molar-refractivity contribution < 1.29 is 4.74 Å². The molecule has 0 fully saturated rings. The van der Waals surface area contributed by atoms with Gasteiger partial charge < -0.3 is 10.1 Å². The van der Waals surface area contributed by atoms with Gasteiger partial charge in [0.25, 0.3) is 0 Å². The van der Waals surface area contributed by atoms with Crippen LogP contribution in [0.5, 0.6) is 0 Å². The fraction of sp³-hybridized carbons (Fsp3) is 0.700. The van der Waals surface area contributed by atoms with Gasteiger partial charge in [0.15, 0.2) is 0 Å². The Morgan fingerprint density at radius 2 is 2.36 bits per heavy atom. The fourth-order valence-electron chi connectivity index (χ4n) is 1.31. The zero-order chi connectivity index (χ0) is 10.4. The quantitative estimate of drug-likeness (QED) is 0.736. The Kier molecular flexibility index (Phi) is 5.07. The second-order valence-corrected chi connectivity index (χ2v) is 4.47. The molecule has 0 radical (unpaired) electrons. The second kappa shape index (κ2) is 6.11. The molecule has 0 saturated carbocycles. The molecule has 0 aliphatic heterocycles. The van der Waals surface area contributed by atoms with Crippen molar-refractivity contribution in [2.24, 2.45) is 5.92 Å². The van der Waals surface area contributed by atoms with Crippen LogP contribution < -0.4 is 5.32 Å². The third-order valence-corrected chi connectivity index (χ3v) is 2.91. The van der Waals surface area contributed by atoms with Gasteiger partial charge in [-0.1, -0.05) is 13.8 Å². The number of rotatable bonds is 6. The van der Waals surface area contributed by atoms with Crippen LogP contribution in [-0.2, 0) is 4.74 Å². The van der Waals surface area contributed by atoms with Crippen molar-refractivity contribution in [3.8, 4) is 0 Å². The minimum absolute atomic E-state index is 0.352. The van der Waals surface area contributed by atoms with Crippen LogP contribution in [0.1, 0.15) is 24.9 Å². The van der Waals surface area contributed by atoms with E-state index in [1.807, 2.05) is 11.6 Å². The lowest BCUT2D eigenvalue weighted by molar-refractivity contribution is 0.192. The van der Waals surface area contributed by atoms with Gasteiger partial charge in [0, 0.05) is 25.2 Å². The van der Waals surface area contributed by atoms with E-state index in [4.69, 9.17) is 4.74 Å². The summed E-state index contributed by atoms with van der Waals surface area (Å²) in [5.41, 5.74) is 0. The van der Waals surface area contributed by atoms with E-state index >= 15 is 0 Å². The summed E-state index contributed by atoms with van der Waals surface area (Å²) in [6.45, 7) is 6.02. The molecule has 0 amide bonds. The first kappa shape index (κ1) is 11.6. The summed E-state index contributed by atoms with van der Waals surface area (Å²) in [6.07, 6.45) is 1.85. The van der Waals surface area contributed by atoms with Crippen LogP contribution in [0.4, 0.5) is 0 Å². The first-order valence-corrected chi connectivity index (χ1v) is 5.75. The zero-order valence-electron chi connectivity index (χ0n) is 8.99. The summed E-state index contributed by atoms with van der Waals surface area (Å²) in [5, 5.41) is 6.63. The molecule has 0 bridgehead atoms. The van der Waals surface area contributed by atoms with Crippen LogP contribution in [0.2, 0.25) is 0 Å². The molecule has 1 unspecified atom stereocenters. The molecule has 1 aromatic rings. The Morgan fingerprint density at radius 3 is 2.86 bits per heavy atom. The van der Waals surface area contributed by atoms with Gasteiger partial charge in [-0.05, 0) is 5.92 Å². The highest BCUT2D eigenvalue weighted by Gasteiger charge is 2.16. The molecule has 0 aromatic carbocycles. The number of nitrogens with one attached hydrogen (secondary N) is 1. The molecule has 1 heterocycles.